The van der Waals surface area contributed by atoms with Crippen molar-refractivity contribution < 1.29 is 16.8 Å². The van der Waals surface area contributed by atoms with Crippen molar-refractivity contribution in [2.24, 2.45) is 0 Å². The van der Waals surface area contributed by atoms with E-state index in [1.165, 1.54) is 21.7 Å². The third-order valence-electron chi connectivity index (χ3n) is 3.59. The van der Waals surface area contributed by atoms with Gasteiger partial charge in [0, 0.05) is 24.5 Å². The number of sulfonamides is 2. The van der Waals surface area contributed by atoms with Gasteiger partial charge in [0.25, 0.3) is 0 Å². The van der Waals surface area contributed by atoms with Gasteiger partial charge in [-0.25, -0.2) is 25.9 Å². The van der Waals surface area contributed by atoms with Crippen molar-refractivity contribution in [1.82, 2.24) is 9.03 Å². The molecule has 0 atom stereocenters. The van der Waals surface area contributed by atoms with Crippen LogP contribution in [0.25, 0.3) is 0 Å². The smallest absolute Gasteiger partial charge is 0.212 e. The van der Waals surface area contributed by atoms with Crippen LogP contribution in [0, 0.1) is 6.92 Å². The van der Waals surface area contributed by atoms with Crippen LogP contribution in [0.1, 0.15) is 30.6 Å². The first-order valence-electron chi connectivity index (χ1n) is 7.35. The molecule has 2 heterocycles. The molecule has 1 aliphatic heterocycles. The SMILES string of the molecule is Cc1ccc(S(=O)(=O)NCCS(=O)(=O)N2CCCCCC2)s1. The number of hydrogen-bond donors (Lipinski definition) is 1. The van der Waals surface area contributed by atoms with Crippen molar-refractivity contribution in [3.8, 4) is 0 Å². The second-order valence-corrected chi connectivity index (χ2v) is 10.8. The second kappa shape index (κ2) is 7.39. The summed E-state index contributed by atoms with van der Waals surface area (Å²) in [5.41, 5.74) is 0. The summed E-state index contributed by atoms with van der Waals surface area (Å²) in [7, 11) is -7.01. The lowest BCUT2D eigenvalue weighted by atomic mass is 10.2. The number of nitrogens with zero attached hydrogens (tertiary/aromatic N) is 1. The minimum Gasteiger partial charge on any atom is -0.212 e. The van der Waals surface area contributed by atoms with Gasteiger partial charge in [0.1, 0.15) is 4.21 Å². The summed E-state index contributed by atoms with van der Waals surface area (Å²) < 4.78 is 52.7. The third-order valence-corrected chi connectivity index (χ3v) is 8.42. The maximum Gasteiger partial charge on any atom is 0.250 e. The summed E-state index contributed by atoms with van der Waals surface area (Å²) in [6.07, 6.45) is 3.85. The van der Waals surface area contributed by atoms with Crippen molar-refractivity contribution in [2.75, 3.05) is 25.4 Å². The molecule has 1 fully saturated rings. The zero-order valence-electron chi connectivity index (χ0n) is 12.6. The van der Waals surface area contributed by atoms with Crippen LogP contribution in [0.4, 0.5) is 0 Å². The molecule has 6 nitrogen and oxygen atoms in total. The average Bonchev–Trinajstić information content (AvgIpc) is 2.72. The number of hydrogen-bond acceptors (Lipinski definition) is 5. The Morgan fingerprint density at radius 3 is 2.27 bits per heavy atom. The largest absolute Gasteiger partial charge is 0.250 e. The molecule has 0 aromatic carbocycles. The molecule has 0 amide bonds. The Hall–Kier alpha value is -0.480. The van der Waals surface area contributed by atoms with Gasteiger partial charge in [0.2, 0.25) is 20.0 Å². The van der Waals surface area contributed by atoms with Gasteiger partial charge in [-0.05, 0) is 31.9 Å². The van der Waals surface area contributed by atoms with Gasteiger partial charge < -0.3 is 0 Å². The normalized spacial score (nSPS) is 18.2. The molecule has 0 saturated carbocycles. The van der Waals surface area contributed by atoms with Crippen LogP contribution in [0.3, 0.4) is 0 Å². The van der Waals surface area contributed by atoms with E-state index in [4.69, 9.17) is 0 Å². The van der Waals surface area contributed by atoms with E-state index in [-0.39, 0.29) is 16.5 Å². The lowest BCUT2D eigenvalue weighted by Gasteiger charge is -2.19. The molecule has 1 aromatic heterocycles. The second-order valence-electron chi connectivity index (χ2n) is 5.39. The van der Waals surface area contributed by atoms with Crippen LogP contribution in [0.5, 0.6) is 0 Å². The monoisotopic (exact) mass is 366 g/mol. The van der Waals surface area contributed by atoms with Crippen LogP contribution in [0.15, 0.2) is 16.3 Å². The van der Waals surface area contributed by atoms with Crippen LogP contribution in [-0.2, 0) is 20.0 Å². The molecule has 9 heteroatoms. The van der Waals surface area contributed by atoms with Gasteiger partial charge in [-0.3, -0.25) is 0 Å². The maximum atomic E-state index is 12.3. The van der Waals surface area contributed by atoms with E-state index in [1.807, 2.05) is 6.92 Å². The van der Waals surface area contributed by atoms with E-state index in [0.29, 0.717) is 13.1 Å². The molecule has 0 unspecified atom stereocenters. The Labute approximate surface area is 136 Å². The highest BCUT2D eigenvalue weighted by atomic mass is 32.2. The fourth-order valence-corrected chi connectivity index (χ4v) is 6.30. The van der Waals surface area contributed by atoms with Crippen molar-refractivity contribution in [2.45, 2.75) is 36.8 Å². The van der Waals surface area contributed by atoms with Crippen LogP contribution in [-0.4, -0.2) is 46.5 Å². The lowest BCUT2D eigenvalue weighted by Crippen LogP contribution is -2.38. The van der Waals surface area contributed by atoms with E-state index >= 15 is 0 Å². The first-order chi connectivity index (χ1) is 10.3. The summed E-state index contributed by atoms with van der Waals surface area (Å²) in [5, 5.41) is 0. The van der Waals surface area contributed by atoms with Crippen molar-refractivity contribution in [1.29, 1.82) is 0 Å². The van der Waals surface area contributed by atoms with Crippen molar-refractivity contribution in [3.05, 3.63) is 17.0 Å². The van der Waals surface area contributed by atoms with Gasteiger partial charge in [0.15, 0.2) is 0 Å². The van der Waals surface area contributed by atoms with E-state index < -0.39 is 20.0 Å². The molecule has 1 aromatic rings. The quantitative estimate of drug-likeness (QED) is 0.828. The summed E-state index contributed by atoms with van der Waals surface area (Å²) in [6.45, 7) is 2.81. The van der Waals surface area contributed by atoms with Gasteiger partial charge in [-0.15, -0.1) is 11.3 Å². The van der Waals surface area contributed by atoms with Crippen LogP contribution >= 0.6 is 11.3 Å². The van der Waals surface area contributed by atoms with Crippen LogP contribution < -0.4 is 4.72 Å². The summed E-state index contributed by atoms with van der Waals surface area (Å²) in [6, 6.07) is 3.26. The average molecular weight is 367 g/mol. The minimum atomic E-state index is -3.61. The van der Waals surface area contributed by atoms with E-state index in [9.17, 15) is 16.8 Å². The fourth-order valence-electron chi connectivity index (χ4n) is 2.38. The van der Waals surface area contributed by atoms with Crippen molar-refractivity contribution >= 4 is 31.4 Å². The topological polar surface area (TPSA) is 83.5 Å². The molecule has 0 spiro atoms. The lowest BCUT2D eigenvalue weighted by molar-refractivity contribution is 0.423. The zero-order chi connectivity index (χ0) is 16.2. The first kappa shape index (κ1) is 17.9. The van der Waals surface area contributed by atoms with E-state index in [1.54, 1.807) is 6.07 Å². The Bertz CT molecular complexity index is 687. The summed E-state index contributed by atoms with van der Waals surface area (Å²) in [4.78, 5) is 0.901. The molecule has 22 heavy (non-hydrogen) atoms. The molecule has 0 radical (unpaired) electrons. The number of nitrogens with one attached hydrogen (secondary N) is 1. The Kier molecular flexibility index (Phi) is 6.00. The van der Waals surface area contributed by atoms with Gasteiger partial charge >= 0.3 is 0 Å². The number of thiophene rings is 1. The van der Waals surface area contributed by atoms with Gasteiger partial charge in [0.05, 0.1) is 5.75 Å². The summed E-state index contributed by atoms with van der Waals surface area (Å²) in [5.74, 6) is -0.198. The molecular formula is C13H22N2O4S3. The minimum absolute atomic E-state index is 0.0991. The molecule has 2 rings (SSSR count). The number of aryl methyl sites for hydroxylation is 1. The molecule has 1 aliphatic rings. The van der Waals surface area contributed by atoms with Crippen LogP contribution in [0.2, 0.25) is 0 Å². The van der Waals surface area contributed by atoms with E-state index in [0.717, 1.165) is 30.6 Å². The van der Waals surface area contributed by atoms with Gasteiger partial charge in [-0.2, -0.15) is 0 Å². The Morgan fingerprint density at radius 1 is 1.09 bits per heavy atom. The molecule has 0 aliphatic carbocycles. The standard InChI is InChI=1S/C13H22N2O4S3/c1-12-6-7-13(20-12)22(18,19)14-8-11-21(16,17)15-9-4-2-3-5-10-15/h6-7,14H,2-5,8-11H2,1H3. The molecule has 1 saturated heterocycles. The highest BCUT2D eigenvalue weighted by Crippen LogP contribution is 2.20. The highest BCUT2D eigenvalue weighted by Gasteiger charge is 2.24. The zero-order valence-corrected chi connectivity index (χ0v) is 15.1. The molecular weight excluding hydrogens is 344 g/mol. The molecule has 0 bridgehead atoms. The fraction of sp³-hybridized carbons (Fsp3) is 0.692. The Balaban J connectivity index is 1.92. The first-order valence-corrected chi connectivity index (χ1v) is 11.3. The van der Waals surface area contributed by atoms with E-state index in [2.05, 4.69) is 4.72 Å². The Morgan fingerprint density at radius 2 is 1.73 bits per heavy atom. The van der Waals surface area contributed by atoms with Crippen molar-refractivity contribution in [3.63, 3.8) is 0 Å². The number of rotatable bonds is 6. The summed E-state index contributed by atoms with van der Waals surface area (Å²) >= 11 is 1.17. The van der Waals surface area contributed by atoms with Gasteiger partial charge in [-0.1, -0.05) is 12.8 Å². The predicted molar refractivity (Wildman–Crippen MR) is 88.1 cm³/mol. The maximum absolute atomic E-state index is 12.3. The predicted octanol–water partition coefficient (Wildman–Crippen LogP) is 1.54. The molecule has 126 valence electrons. The molecule has 1 N–H and O–H groups in total. The highest BCUT2D eigenvalue weighted by molar-refractivity contribution is 7.91. The third kappa shape index (κ3) is 4.76.